The van der Waals surface area contributed by atoms with Crippen molar-refractivity contribution in [2.75, 3.05) is 0 Å². The second-order valence-corrected chi connectivity index (χ2v) is 5.79. The third-order valence-corrected chi connectivity index (χ3v) is 3.90. The summed E-state index contributed by atoms with van der Waals surface area (Å²) in [5.74, 6) is 0.355. The van der Waals surface area contributed by atoms with Gasteiger partial charge in [0, 0.05) is 11.1 Å². The van der Waals surface area contributed by atoms with Gasteiger partial charge in [-0.3, -0.25) is 0 Å². The number of aromatic amines is 1. The lowest BCUT2D eigenvalue weighted by molar-refractivity contribution is 0.843. The van der Waals surface area contributed by atoms with Gasteiger partial charge in [-0.1, -0.05) is 32.1 Å². The molecule has 3 heteroatoms. The number of rotatable bonds is 2. The number of benzene rings is 1. The van der Waals surface area contributed by atoms with E-state index in [9.17, 15) is 0 Å². The van der Waals surface area contributed by atoms with Gasteiger partial charge in [-0.05, 0) is 49.4 Å². The van der Waals surface area contributed by atoms with Crippen LogP contribution in [0.25, 0.3) is 11.3 Å². The van der Waals surface area contributed by atoms with E-state index in [1.165, 1.54) is 22.3 Å². The molecule has 0 aliphatic rings. The molecule has 0 spiro atoms. The van der Waals surface area contributed by atoms with Crippen LogP contribution in [0.2, 0.25) is 0 Å². The maximum atomic E-state index is 5.39. The molecule has 2 aromatic rings. The lowest BCUT2D eigenvalue weighted by atomic mass is 9.93. The van der Waals surface area contributed by atoms with Crippen LogP contribution >= 0.6 is 12.2 Å². The molecule has 0 radical (unpaired) electrons. The normalized spacial score (nSPS) is 11.1. The fourth-order valence-corrected chi connectivity index (χ4v) is 2.79. The Bertz CT molecular complexity index is 669. The second-order valence-electron chi connectivity index (χ2n) is 5.40. The third-order valence-electron chi connectivity index (χ3n) is 3.58. The van der Waals surface area contributed by atoms with Gasteiger partial charge in [0.05, 0.1) is 12.0 Å². The van der Waals surface area contributed by atoms with Crippen LogP contribution < -0.4 is 0 Å². The van der Waals surface area contributed by atoms with Gasteiger partial charge in [0.15, 0.2) is 0 Å². The SMILES string of the molecule is Cc1cc(C)c(-c2[nH]cnc(=S)c2C(C)C)cc1C. The molecule has 1 N–H and O–H groups in total. The predicted molar refractivity (Wildman–Crippen MR) is 83.2 cm³/mol. The smallest absolute Gasteiger partial charge is 0.133 e. The topological polar surface area (TPSA) is 28.7 Å². The Morgan fingerprint density at radius 3 is 2.32 bits per heavy atom. The molecule has 0 amide bonds. The van der Waals surface area contributed by atoms with Gasteiger partial charge in [-0.15, -0.1) is 0 Å². The van der Waals surface area contributed by atoms with Crippen molar-refractivity contribution in [2.45, 2.75) is 40.5 Å². The monoisotopic (exact) mass is 272 g/mol. The first-order chi connectivity index (χ1) is 8.91. The highest BCUT2D eigenvalue weighted by Crippen LogP contribution is 2.31. The van der Waals surface area contributed by atoms with Gasteiger partial charge in [-0.25, -0.2) is 4.98 Å². The molecular weight excluding hydrogens is 252 g/mol. The van der Waals surface area contributed by atoms with Crippen LogP contribution in [-0.4, -0.2) is 9.97 Å². The van der Waals surface area contributed by atoms with Crippen LogP contribution in [0.4, 0.5) is 0 Å². The first-order valence-electron chi connectivity index (χ1n) is 6.57. The Labute approximate surface area is 119 Å². The summed E-state index contributed by atoms with van der Waals surface area (Å²) in [6.45, 7) is 10.7. The zero-order valence-corrected chi connectivity index (χ0v) is 13.0. The molecule has 0 aliphatic heterocycles. The zero-order valence-electron chi connectivity index (χ0n) is 12.2. The summed E-state index contributed by atoms with van der Waals surface area (Å²) < 4.78 is 0.696. The van der Waals surface area contributed by atoms with E-state index in [-0.39, 0.29) is 0 Å². The Hall–Kier alpha value is -1.48. The molecule has 0 saturated heterocycles. The average molecular weight is 272 g/mol. The van der Waals surface area contributed by atoms with E-state index in [1.807, 2.05) is 0 Å². The number of hydrogen-bond donors (Lipinski definition) is 1. The number of aromatic nitrogens is 2. The Balaban J connectivity index is 2.76. The first kappa shape index (κ1) is 13.9. The van der Waals surface area contributed by atoms with Crippen molar-refractivity contribution in [3.8, 4) is 11.3 Å². The minimum Gasteiger partial charge on any atom is -0.346 e. The molecule has 0 atom stereocenters. The molecule has 1 aromatic carbocycles. The average Bonchev–Trinajstić information content (AvgIpc) is 2.33. The van der Waals surface area contributed by atoms with Crippen LogP contribution in [0.3, 0.4) is 0 Å². The predicted octanol–water partition coefficient (Wildman–Crippen LogP) is 4.85. The number of H-pyrrole nitrogens is 1. The summed E-state index contributed by atoms with van der Waals surface area (Å²) in [6.07, 6.45) is 1.69. The van der Waals surface area contributed by atoms with E-state index >= 15 is 0 Å². The Morgan fingerprint density at radius 1 is 1.05 bits per heavy atom. The van der Waals surface area contributed by atoms with Gasteiger partial charge in [0.25, 0.3) is 0 Å². The molecule has 100 valence electrons. The van der Waals surface area contributed by atoms with E-state index in [0.29, 0.717) is 10.6 Å². The second kappa shape index (κ2) is 5.25. The van der Waals surface area contributed by atoms with Crippen molar-refractivity contribution in [1.29, 1.82) is 0 Å². The Kier molecular flexibility index (Phi) is 3.85. The van der Waals surface area contributed by atoms with Gasteiger partial charge >= 0.3 is 0 Å². The van der Waals surface area contributed by atoms with Crippen molar-refractivity contribution in [3.63, 3.8) is 0 Å². The van der Waals surface area contributed by atoms with Crippen LogP contribution in [0, 0.1) is 25.4 Å². The molecule has 0 aliphatic carbocycles. The number of aryl methyl sites for hydroxylation is 3. The van der Waals surface area contributed by atoms with E-state index in [0.717, 1.165) is 11.3 Å². The maximum Gasteiger partial charge on any atom is 0.133 e. The van der Waals surface area contributed by atoms with Gasteiger partial charge < -0.3 is 4.98 Å². The highest BCUT2D eigenvalue weighted by molar-refractivity contribution is 7.71. The van der Waals surface area contributed by atoms with E-state index in [2.05, 4.69) is 56.7 Å². The van der Waals surface area contributed by atoms with Crippen molar-refractivity contribution in [1.82, 2.24) is 9.97 Å². The lowest BCUT2D eigenvalue weighted by Crippen LogP contribution is -2.00. The Morgan fingerprint density at radius 2 is 1.68 bits per heavy atom. The van der Waals surface area contributed by atoms with Crippen molar-refractivity contribution in [2.24, 2.45) is 0 Å². The minimum atomic E-state index is 0.355. The van der Waals surface area contributed by atoms with Crippen LogP contribution in [-0.2, 0) is 0 Å². The lowest BCUT2D eigenvalue weighted by Gasteiger charge is -2.15. The van der Waals surface area contributed by atoms with Crippen LogP contribution in [0.15, 0.2) is 18.5 Å². The summed E-state index contributed by atoms with van der Waals surface area (Å²) in [4.78, 5) is 7.50. The molecule has 0 saturated carbocycles. The molecule has 1 heterocycles. The summed E-state index contributed by atoms with van der Waals surface area (Å²) >= 11 is 5.39. The molecule has 0 fully saturated rings. The fourth-order valence-electron chi connectivity index (χ4n) is 2.40. The van der Waals surface area contributed by atoms with Crippen molar-refractivity contribution in [3.05, 3.63) is 45.4 Å². The summed E-state index contributed by atoms with van der Waals surface area (Å²) in [5, 5.41) is 0. The van der Waals surface area contributed by atoms with Crippen molar-refractivity contribution >= 4 is 12.2 Å². The van der Waals surface area contributed by atoms with E-state index in [1.54, 1.807) is 6.33 Å². The number of nitrogens with one attached hydrogen (secondary N) is 1. The summed E-state index contributed by atoms with van der Waals surface area (Å²) in [6, 6.07) is 4.46. The maximum absolute atomic E-state index is 5.39. The van der Waals surface area contributed by atoms with Gasteiger partial charge in [0.2, 0.25) is 0 Å². The molecule has 19 heavy (non-hydrogen) atoms. The van der Waals surface area contributed by atoms with Crippen molar-refractivity contribution < 1.29 is 0 Å². The standard InChI is InChI=1S/C16H20N2S/c1-9(2)14-15(17-8-18-16(14)19)13-7-11(4)10(3)6-12(13)5/h6-9H,1-5H3,(H,17,18,19). The zero-order chi connectivity index (χ0) is 14.2. The fraction of sp³-hybridized carbons (Fsp3) is 0.375. The highest BCUT2D eigenvalue weighted by Gasteiger charge is 2.14. The summed E-state index contributed by atoms with van der Waals surface area (Å²) in [5.41, 5.74) is 7.34. The molecule has 2 rings (SSSR count). The first-order valence-corrected chi connectivity index (χ1v) is 6.98. The van der Waals surface area contributed by atoms with Crippen LogP contribution in [0.5, 0.6) is 0 Å². The third kappa shape index (κ3) is 2.61. The molecule has 0 bridgehead atoms. The number of nitrogens with zero attached hydrogens (tertiary/aromatic N) is 1. The minimum absolute atomic E-state index is 0.355. The van der Waals surface area contributed by atoms with Gasteiger partial charge in [0.1, 0.15) is 4.64 Å². The summed E-state index contributed by atoms with van der Waals surface area (Å²) in [7, 11) is 0. The molecular formula is C16H20N2S. The number of hydrogen-bond acceptors (Lipinski definition) is 2. The molecule has 0 unspecified atom stereocenters. The van der Waals surface area contributed by atoms with E-state index < -0.39 is 0 Å². The highest BCUT2D eigenvalue weighted by atomic mass is 32.1. The largest absolute Gasteiger partial charge is 0.346 e. The molecule has 1 aromatic heterocycles. The quantitative estimate of drug-likeness (QED) is 0.791. The van der Waals surface area contributed by atoms with E-state index in [4.69, 9.17) is 12.2 Å². The van der Waals surface area contributed by atoms with Gasteiger partial charge in [-0.2, -0.15) is 0 Å². The van der Waals surface area contributed by atoms with Crippen LogP contribution in [0.1, 0.15) is 42.0 Å². The molecule has 2 nitrogen and oxygen atoms in total.